The highest BCUT2D eigenvalue weighted by atomic mass is 79.9. The Labute approximate surface area is 68.8 Å². The second kappa shape index (κ2) is 4.29. The minimum Gasteiger partial charge on any atom is -0.327 e. The molecule has 0 aliphatic heterocycles. The Bertz CT molecular complexity index is 65.8. The standard InChI is InChI=1S/C7H17N.BrH/c1-5-6(8)7(2,3)4;/h6H,5,8H2,1-4H3;1H. The first kappa shape index (κ1) is 12.1. The maximum atomic E-state index is 5.75. The minimum absolute atomic E-state index is 0. The Morgan fingerprint density at radius 2 is 1.67 bits per heavy atom. The largest absolute Gasteiger partial charge is 0.327 e. The average molecular weight is 196 g/mol. The van der Waals surface area contributed by atoms with Gasteiger partial charge in [-0.3, -0.25) is 0 Å². The molecule has 0 aromatic rings. The van der Waals surface area contributed by atoms with E-state index < -0.39 is 0 Å². The molecular weight excluding hydrogens is 178 g/mol. The van der Waals surface area contributed by atoms with E-state index in [-0.39, 0.29) is 22.4 Å². The van der Waals surface area contributed by atoms with Gasteiger partial charge in [0.1, 0.15) is 0 Å². The van der Waals surface area contributed by atoms with Crippen LogP contribution in [0.2, 0.25) is 0 Å². The van der Waals surface area contributed by atoms with Crippen molar-refractivity contribution in [2.24, 2.45) is 11.1 Å². The van der Waals surface area contributed by atoms with Gasteiger partial charge in [0.25, 0.3) is 0 Å². The molecule has 58 valence electrons. The molecular formula is C7H18BrN. The summed E-state index contributed by atoms with van der Waals surface area (Å²) in [5.41, 5.74) is 6.04. The van der Waals surface area contributed by atoms with Crippen molar-refractivity contribution in [3.8, 4) is 0 Å². The van der Waals surface area contributed by atoms with Gasteiger partial charge in [-0.15, -0.1) is 17.0 Å². The molecule has 0 radical (unpaired) electrons. The molecule has 1 atom stereocenters. The fourth-order valence-electron chi connectivity index (χ4n) is 0.612. The molecule has 2 N–H and O–H groups in total. The van der Waals surface area contributed by atoms with Crippen LogP contribution < -0.4 is 5.73 Å². The number of nitrogens with two attached hydrogens (primary N) is 1. The Morgan fingerprint density at radius 1 is 1.33 bits per heavy atom. The van der Waals surface area contributed by atoms with E-state index in [1.807, 2.05) is 0 Å². The Kier molecular flexibility index (Phi) is 5.79. The monoisotopic (exact) mass is 195 g/mol. The molecule has 0 aromatic heterocycles. The van der Waals surface area contributed by atoms with E-state index in [9.17, 15) is 0 Å². The summed E-state index contributed by atoms with van der Waals surface area (Å²) in [5, 5.41) is 0. The van der Waals surface area contributed by atoms with Crippen molar-refractivity contribution in [3.63, 3.8) is 0 Å². The molecule has 0 amide bonds. The highest BCUT2D eigenvalue weighted by Crippen LogP contribution is 2.18. The third-order valence-corrected chi connectivity index (χ3v) is 1.55. The number of rotatable bonds is 1. The van der Waals surface area contributed by atoms with Crippen LogP contribution in [0.5, 0.6) is 0 Å². The molecule has 0 rings (SSSR count). The predicted molar refractivity (Wildman–Crippen MR) is 48.0 cm³/mol. The molecule has 9 heavy (non-hydrogen) atoms. The summed E-state index contributed by atoms with van der Waals surface area (Å²) in [4.78, 5) is 0. The topological polar surface area (TPSA) is 26.0 Å². The summed E-state index contributed by atoms with van der Waals surface area (Å²) in [6.45, 7) is 8.62. The lowest BCUT2D eigenvalue weighted by Gasteiger charge is -2.25. The fraction of sp³-hybridized carbons (Fsp3) is 1.00. The first-order valence-electron chi connectivity index (χ1n) is 3.24. The highest BCUT2D eigenvalue weighted by Gasteiger charge is 2.17. The normalized spacial score (nSPS) is 14.3. The average Bonchev–Trinajstić information content (AvgIpc) is 1.62. The summed E-state index contributed by atoms with van der Waals surface area (Å²) >= 11 is 0. The van der Waals surface area contributed by atoms with E-state index in [0.717, 1.165) is 6.42 Å². The summed E-state index contributed by atoms with van der Waals surface area (Å²) in [6, 6.07) is 0.350. The van der Waals surface area contributed by atoms with E-state index in [1.165, 1.54) is 0 Å². The summed E-state index contributed by atoms with van der Waals surface area (Å²) in [6.07, 6.45) is 1.07. The van der Waals surface area contributed by atoms with Crippen LogP contribution in [0.15, 0.2) is 0 Å². The van der Waals surface area contributed by atoms with E-state index in [1.54, 1.807) is 0 Å². The first-order valence-corrected chi connectivity index (χ1v) is 3.24. The zero-order valence-electron chi connectivity index (χ0n) is 6.77. The van der Waals surface area contributed by atoms with E-state index in [0.29, 0.717) is 6.04 Å². The summed E-state index contributed by atoms with van der Waals surface area (Å²) < 4.78 is 0. The van der Waals surface area contributed by atoms with Gasteiger partial charge in [-0.05, 0) is 11.8 Å². The smallest absolute Gasteiger partial charge is 0.00850 e. The van der Waals surface area contributed by atoms with Crippen molar-refractivity contribution in [1.29, 1.82) is 0 Å². The second-order valence-corrected chi connectivity index (χ2v) is 3.38. The van der Waals surface area contributed by atoms with Crippen LogP contribution >= 0.6 is 17.0 Å². The molecule has 0 fully saturated rings. The Hall–Kier alpha value is 0.440. The van der Waals surface area contributed by atoms with Crippen molar-refractivity contribution in [2.75, 3.05) is 0 Å². The maximum Gasteiger partial charge on any atom is 0.00850 e. The zero-order chi connectivity index (χ0) is 6.78. The lowest BCUT2D eigenvalue weighted by Crippen LogP contribution is -2.33. The van der Waals surface area contributed by atoms with Crippen LogP contribution in [0.1, 0.15) is 34.1 Å². The van der Waals surface area contributed by atoms with Gasteiger partial charge in [0.2, 0.25) is 0 Å². The van der Waals surface area contributed by atoms with Crippen molar-refractivity contribution >= 4 is 17.0 Å². The third-order valence-electron chi connectivity index (χ3n) is 1.55. The summed E-state index contributed by atoms with van der Waals surface area (Å²) in [7, 11) is 0. The summed E-state index contributed by atoms with van der Waals surface area (Å²) in [5.74, 6) is 0. The first-order chi connectivity index (χ1) is 3.48. The van der Waals surface area contributed by atoms with Gasteiger partial charge in [0, 0.05) is 6.04 Å². The molecule has 2 heteroatoms. The van der Waals surface area contributed by atoms with E-state index >= 15 is 0 Å². The van der Waals surface area contributed by atoms with Crippen molar-refractivity contribution in [3.05, 3.63) is 0 Å². The van der Waals surface area contributed by atoms with Crippen molar-refractivity contribution < 1.29 is 0 Å². The highest BCUT2D eigenvalue weighted by molar-refractivity contribution is 8.93. The SMILES string of the molecule is Br.CCC(N)C(C)(C)C. The van der Waals surface area contributed by atoms with Crippen LogP contribution in [0.3, 0.4) is 0 Å². The van der Waals surface area contributed by atoms with Crippen LogP contribution in [0.25, 0.3) is 0 Å². The Balaban J connectivity index is 0. The molecule has 0 aromatic carbocycles. The molecule has 1 nitrogen and oxygen atoms in total. The molecule has 1 unspecified atom stereocenters. The van der Waals surface area contributed by atoms with Crippen LogP contribution in [0, 0.1) is 5.41 Å². The van der Waals surface area contributed by atoms with E-state index in [2.05, 4.69) is 27.7 Å². The van der Waals surface area contributed by atoms with Gasteiger partial charge in [0.05, 0.1) is 0 Å². The second-order valence-electron chi connectivity index (χ2n) is 3.38. The van der Waals surface area contributed by atoms with Gasteiger partial charge < -0.3 is 5.73 Å². The lowest BCUT2D eigenvalue weighted by molar-refractivity contribution is 0.313. The van der Waals surface area contributed by atoms with Crippen molar-refractivity contribution in [2.45, 2.75) is 40.2 Å². The lowest BCUT2D eigenvalue weighted by atomic mass is 9.86. The molecule has 0 saturated carbocycles. The van der Waals surface area contributed by atoms with Gasteiger partial charge in [0.15, 0.2) is 0 Å². The van der Waals surface area contributed by atoms with Crippen LogP contribution in [-0.2, 0) is 0 Å². The molecule has 0 aliphatic rings. The van der Waals surface area contributed by atoms with Gasteiger partial charge in [-0.25, -0.2) is 0 Å². The zero-order valence-corrected chi connectivity index (χ0v) is 8.48. The molecule has 0 saturated heterocycles. The quantitative estimate of drug-likeness (QED) is 0.684. The maximum absolute atomic E-state index is 5.75. The molecule has 0 heterocycles. The fourth-order valence-corrected chi connectivity index (χ4v) is 0.612. The Morgan fingerprint density at radius 3 is 1.67 bits per heavy atom. The van der Waals surface area contributed by atoms with Crippen LogP contribution in [0.4, 0.5) is 0 Å². The third kappa shape index (κ3) is 4.91. The van der Waals surface area contributed by atoms with Crippen molar-refractivity contribution in [1.82, 2.24) is 0 Å². The minimum atomic E-state index is 0. The number of halogens is 1. The van der Waals surface area contributed by atoms with Gasteiger partial charge in [-0.2, -0.15) is 0 Å². The van der Waals surface area contributed by atoms with Gasteiger partial charge >= 0.3 is 0 Å². The molecule has 0 spiro atoms. The predicted octanol–water partition coefficient (Wildman–Crippen LogP) is 2.35. The molecule has 0 bridgehead atoms. The van der Waals surface area contributed by atoms with E-state index in [4.69, 9.17) is 5.73 Å². The number of hydrogen-bond donors (Lipinski definition) is 1. The van der Waals surface area contributed by atoms with Gasteiger partial charge in [-0.1, -0.05) is 27.7 Å². The molecule has 0 aliphatic carbocycles. The van der Waals surface area contributed by atoms with Crippen LogP contribution in [-0.4, -0.2) is 6.04 Å². The number of hydrogen-bond acceptors (Lipinski definition) is 1.